The van der Waals surface area contributed by atoms with E-state index in [1.54, 1.807) is 0 Å². The summed E-state index contributed by atoms with van der Waals surface area (Å²) in [6.07, 6.45) is 1.35. The van der Waals surface area contributed by atoms with Crippen molar-refractivity contribution >= 4 is 46.2 Å². The van der Waals surface area contributed by atoms with Crippen LogP contribution in [-0.2, 0) is 20.8 Å². The van der Waals surface area contributed by atoms with Crippen LogP contribution < -0.4 is 11.1 Å². The molecule has 0 aromatic carbocycles. The Labute approximate surface area is 144 Å². The monoisotopic (exact) mass is 367 g/mol. The van der Waals surface area contributed by atoms with Gasteiger partial charge in [0.1, 0.15) is 17.1 Å². The average molecular weight is 367 g/mol. The number of nitrogen functional groups attached to an aromatic ring is 1. The number of anilines is 1. The summed E-state index contributed by atoms with van der Waals surface area (Å²) in [6, 6.07) is -0.765. The Bertz CT molecular complexity index is 774. The van der Waals surface area contributed by atoms with Gasteiger partial charge in [-0.3, -0.25) is 14.5 Å². The van der Waals surface area contributed by atoms with E-state index in [1.807, 2.05) is 0 Å². The van der Waals surface area contributed by atoms with Crippen LogP contribution in [0.25, 0.3) is 0 Å². The van der Waals surface area contributed by atoms with Gasteiger partial charge in [-0.05, 0) is 5.57 Å². The maximum absolute atomic E-state index is 12.3. The Morgan fingerprint density at radius 3 is 2.88 bits per heavy atom. The van der Waals surface area contributed by atoms with Gasteiger partial charge in [0.05, 0.1) is 6.42 Å². The zero-order valence-corrected chi connectivity index (χ0v) is 13.9. The van der Waals surface area contributed by atoms with Crippen LogP contribution in [0.5, 0.6) is 0 Å². The van der Waals surface area contributed by atoms with Crippen LogP contribution in [0.3, 0.4) is 0 Å². The second kappa shape index (κ2) is 6.24. The van der Waals surface area contributed by atoms with Gasteiger partial charge >= 0.3 is 5.97 Å². The first kappa shape index (κ1) is 16.5. The fraction of sp³-hybridized carbons (Fsp3) is 0.308. The van der Waals surface area contributed by atoms with Gasteiger partial charge in [-0.2, -0.15) is 4.37 Å². The molecular formula is C13H13N5O4S2. The lowest BCUT2D eigenvalue weighted by Gasteiger charge is -2.49. The number of carbonyl (C=O) groups excluding carboxylic acids is 2. The summed E-state index contributed by atoms with van der Waals surface area (Å²) in [6.45, 7) is 3.58. The molecule has 1 fully saturated rings. The van der Waals surface area contributed by atoms with E-state index in [0.29, 0.717) is 11.3 Å². The number of nitrogens with two attached hydrogens (primary N) is 1. The predicted molar refractivity (Wildman–Crippen MR) is 87.9 cm³/mol. The molecular weight excluding hydrogens is 354 g/mol. The Morgan fingerprint density at radius 1 is 1.54 bits per heavy atom. The van der Waals surface area contributed by atoms with Gasteiger partial charge in [-0.15, -0.1) is 11.8 Å². The van der Waals surface area contributed by atoms with Crippen LogP contribution in [0.1, 0.15) is 5.82 Å². The molecule has 2 aliphatic rings. The fourth-order valence-corrected chi connectivity index (χ4v) is 4.30. The molecule has 2 atom stereocenters. The molecule has 2 aliphatic heterocycles. The third kappa shape index (κ3) is 2.76. The van der Waals surface area contributed by atoms with Gasteiger partial charge in [0.25, 0.3) is 5.91 Å². The largest absolute Gasteiger partial charge is 0.477 e. The number of hydrogen-bond donors (Lipinski definition) is 3. The Kier molecular flexibility index (Phi) is 4.28. The van der Waals surface area contributed by atoms with Crippen molar-refractivity contribution in [1.29, 1.82) is 0 Å². The molecule has 0 spiro atoms. The molecule has 0 aliphatic carbocycles. The van der Waals surface area contributed by atoms with Crippen molar-refractivity contribution in [3.8, 4) is 0 Å². The number of allylic oxidation sites excluding steroid dienone is 1. The van der Waals surface area contributed by atoms with Crippen molar-refractivity contribution in [2.75, 3.05) is 11.5 Å². The Morgan fingerprint density at radius 2 is 2.29 bits per heavy atom. The maximum atomic E-state index is 12.3. The van der Waals surface area contributed by atoms with Gasteiger partial charge in [-0.1, -0.05) is 12.7 Å². The lowest BCUT2D eigenvalue weighted by atomic mass is 10.0. The Hall–Kier alpha value is -2.40. The number of carbonyl (C=O) groups is 3. The quantitative estimate of drug-likeness (QED) is 0.597. The lowest BCUT2D eigenvalue weighted by molar-refractivity contribution is -0.150. The zero-order valence-electron chi connectivity index (χ0n) is 12.3. The molecule has 1 saturated heterocycles. The van der Waals surface area contributed by atoms with Crippen LogP contribution in [0.4, 0.5) is 5.13 Å². The molecule has 9 nitrogen and oxygen atoms in total. The van der Waals surface area contributed by atoms with E-state index < -0.39 is 29.2 Å². The van der Waals surface area contributed by atoms with Crippen molar-refractivity contribution in [3.63, 3.8) is 0 Å². The number of rotatable bonds is 5. The number of aromatic nitrogens is 2. The summed E-state index contributed by atoms with van der Waals surface area (Å²) < 4.78 is 3.91. The number of fused-ring (bicyclic) bond motifs is 1. The van der Waals surface area contributed by atoms with Crippen LogP contribution in [0.15, 0.2) is 23.9 Å². The van der Waals surface area contributed by atoms with Gasteiger partial charge < -0.3 is 16.2 Å². The molecule has 3 rings (SSSR count). The molecule has 1 unspecified atom stereocenters. The first-order valence-corrected chi connectivity index (χ1v) is 8.65. The van der Waals surface area contributed by atoms with E-state index in [1.165, 1.54) is 22.7 Å². The van der Waals surface area contributed by atoms with Crippen LogP contribution in [-0.4, -0.2) is 54.3 Å². The number of carboxylic acid groups (broad SMARTS) is 1. The highest BCUT2D eigenvalue weighted by atomic mass is 32.2. The first-order valence-electron chi connectivity index (χ1n) is 6.83. The van der Waals surface area contributed by atoms with Gasteiger partial charge in [0.2, 0.25) is 5.91 Å². The second-order valence-electron chi connectivity index (χ2n) is 5.06. The predicted octanol–water partition coefficient (Wildman–Crippen LogP) is -0.413. The number of carboxylic acids is 1. The van der Waals surface area contributed by atoms with Crippen LogP contribution >= 0.6 is 23.3 Å². The normalized spacial score (nSPS) is 22.7. The molecule has 126 valence electrons. The first-order chi connectivity index (χ1) is 11.4. The highest BCUT2D eigenvalue weighted by molar-refractivity contribution is 8.00. The molecule has 4 N–H and O–H groups in total. The molecule has 3 heterocycles. The van der Waals surface area contributed by atoms with E-state index in [0.717, 1.165) is 11.5 Å². The average Bonchev–Trinajstić information content (AvgIpc) is 2.95. The molecule has 1 aromatic rings. The number of thioether (sulfide) groups is 1. The summed E-state index contributed by atoms with van der Waals surface area (Å²) in [7, 11) is 0. The summed E-state index contributed by atoms with van der Waals surface area (Å²) >= 11 is 2.37. The van der Waals surface area contributed by atoms with Crippen molar-refractivity contribution in [2.45, 2.75) is 17.8 Å². The minimum Gasteiger partial charge on any atom is -0.477 e. The second-order valence-corrected chi connectivity index (χ2v) is 6.95. The van der Waals surface area contributed by atoms with E-state index in [4.69, 9.17) is 5.73 Å². The third-order valence-electron chi connectivity index (χ3n) is 3.57. The molecule has 0 saturated carbocycles. The summed E-state index contributed by atoms with van der Waals surface area (Å²) in [5, 5.41) is 11.8. The topological polar surface area (TPSA) is 139 Å². The lowest BCUT2D eigenvalue weighted by Crippen LogP contribution is -2.70. The van der Waals surface area contributed by atoms with E-state index >= 15 is 0 Å². The minimum absolute atomic E-state index is 0.0711. The summed E-state index contributed by atoms with van der Waals surface area (Å²) in [5.41, 5.74) is 5.87. The zero-order chi connectivity index (χ0) is 17.4. The summed E-state index contributed by atoms with van der Waals surface area (Å²) in [5.74, 6) is -1.36. The molecule has 1 aromatic heterocycles. The third-order valence-corrected chi connectivity index (χ3v) is 5.45. The number of aliphatic carboxylic acids is 1. The number of nitrogens with one attached hydrogen (secondary N) is 1. The van der Waals surface area contributed by atoms with Crippen molar-refractivity contribution in [2.24, 2.45) is 0 Å². The van der Waals surface area contributed by atoms with Crippen molar-refractivity contribution in [3.05, 3.63) is 29.7 Å². The van der Waals surface area contributed by atoms with E-state index in [9.17, 15) is 19.5 Å². The summed E-state index contributed by atoms with van der Waals surface area (Å²) in [4.78, 5) is 40.8. The maximum Gasteiger partial charge on any atom is 0.352 e. The minimum atomic E-state index is -1.18. The number of amides is 2. The van der Waals surface area contributed by atoms with Crippen molar-refractivity contribution < 1.29 is 19.5 Å². The van der Waals surface area contributed by atoms with Crippen LogP contribution in [0, 0.1) is 0 Å². The molecule has 24 heavy (non-hydrogen) atoms. The van der Waals surface area contributed by atoms with E-state index in [2.05, 4.69) is 21.3 Å². The van der Waals surface area contributed by atoms with Gasteiger partial charge in [0.15, 0.2) is 11.0 Å². The number of nitrogens with zero attached hydrogens (tertiary/aromatic N) is 3. The fourth-order valence-electron chi connectivity index (χ4n) is 2.51. The number of hydrogen-bond acceptors (Lipinski definition) is 8. The van der Waals surface area contributed by atoms with Crippen molar-refractivity contribution in [1.82, 2.24) is 19.6 Å². The highest BCUT2D eigenvalue weighted by Gasteiger charge is 2.53. The van der Waals surface area contributed by atoms with E-state index in [-0.39, 0.29) is 23.1 Å². The van der Waals surface area contributed by atoms with Crippen LogP contribution in [0.2, 0.25) is 0 Å². The number of β-lactam (4-membered cyclic amide) rings is 1. The van der Waals surface area contributed by atoms with Gasteiger partial charge in [0, 0.05) is 17.3 Å². The standard InChI is InChI=1S/C13H13N5O4S2/c1-2-5-4-23-11-8(10(20)18(11)9(5)12(21)22)16-7(19)3-6-15-13(14)24-17-6/h2,8,11H,1,3-4H2,(H,16,19)(H,21,22)(H2,14,15,17)/t8?,11-/m0/s1. The Balaban J connectivity index is 1.69. The molecule has 0 radical (unpaired) electrons. The van der Waals surface area contributed by atoms with Gasteiger partial charge in [-0.25, -0.2) is 9.78 Å². The SMILES string of the molecule is C=CC1=C(C(=O)O)N2C(=O)C(NC(=O)Cc3nsc(N)n3)[C@@H]2SC1. The highest BCUT2D eigenvalue weighted by Crippen LogP contribution is 2.40. The molecule has 0 bridgehead atoms. The molecule has 2 amide bonds. The molecule has 11 heteroatoms. The smallest absolute Gasteiger partial charge is 0.352 e.